The number of hydrogen-bond donors (Lipinski definition) is 0. The van der Waals surface area contributed by atoms with E-state index in [0.29, 0.717) is 39.1 Å². The molecule has 43 heavy (non-hydrogen) atoms. The molecule has 1 aliphatic carbocycles. The van der Waals surface area contributed by atoms with Crippen molar-refractivity contribution in [3.05, 3.63) is 36.1 Å². The summed E-state index contributed by atoms with van der Waals surface area (Å²) >= 11 is 0. The average molecular weight is 619 g/mol. The fraction of sp³-hybridized carbons (Fsp3) is 0.735. The van der Waals surface area contributed by atoms with Crippen molar-refractivity contribution in [1.82, 2.24) is 0 Å². The Bertz CT molecular complexity index is 1030. The number of rotatable bonds is 14. The number of carbonyl (C=O) groups is 1. The van der Waals surface area contributed by atoms with Crippen molar-refractivity contribution < 1.29 is 37.6 Å². The topological polar surface area (TPSA) is 81.7 Å². The Morgan fingerprint density at radius 3 is 2.33 bits per heavy atom. The SMILES string of the molecule is COc1cccc(OCC/C=C(/OC2CCCCO2)[C@@H]2[C@H](CC=O)[C@H](O[Si](C)(C)C(C)(C)C)C[C@@H]2OC2CCCCO2)c1. The second-order valence-electron chi connectivity index (χ2n) is 13.6. The number of methoxy groups -OCH3 is 1. The zero-order valence-electron chi connectivity index (χ0n) is 27.2. The highest BCUT2D eigenvalue weighted by Crippen LogP contribution is 2.47. The molecule has 0 N–H and O–H groups in total. The molecule has 9 heteroatoms. The van der Waals surface area contributed by atoms with Crippen molar-refractivity contribution in [2.45, 2.75) is 121 Å². The first-order valence-electron chi connectivity index (χ1n) is 16.2. The van der Waals surface area contributed by atoms with E-state index >= 15 is 0 Å². The summed E-state index contributed by atoms with van der Waals surface area (Å²) in [7, 11) is -0.476. The number of aldehydes is 1. The first-order chi connectivity index (χ1) is 20.6. The van der Waals surface area contributed by atoms with Gasteiger partial charge in [-0.1, -0.05) is 26.8 Å². The summed E-state index contributed by atoms with van der Waals surface area (Å²) in [5.74, 6) is 2.09. The van der Waals surface area contributed by atoms with Crippen molar-refractivity contribution in [2.75, 3.05) is 26.9 Å². The van der Waals surface area contributed by atoms with Gasteiger partial charge in [0, 0.05) is 43.8 Å². The van der Waals surface area contributed by atoms with Gasteiger partial charge in [-0.2, -0.15) is 0 Å². The van der Waals surface area contributed by atoms with Crippen molar-refractivity contribution in [1.29, 1.82) is 0 Å². The molecule has 3 fully saturated rings. The molecular formula is C34H54O8Si. The third-order valence-corrected chi connectivity index (χ3v) is 13.9. The Morgan fingerprint density at radius 2 is 1.70 bits per heavy atom. The molecule has 8 nitrogen and oxygen atoms in total. The first kappa shape index (κ1) is 34.0. The quantitative estimate of drug-likeness (QED) is 0.0922. The van der Waals surface area contributed by atoms with Crippen LogP contribution in [-0.2, 0) is 28.2 Å². The summed E-state index contributed by atoms with van der Waals surface area (Å²) in [5.41, 5.74) is 0. The van der Waals surface area contributed by atoms with E-state index in [2.05, 4.69) is 39.9 Å². The molecule has 1 aromatic carbocycles. The second kappa shape index (κ2) is 15.9. The van der Waals surface area contributed by atoms with Crippen molar-refractivity contribution in [3.8, 4) is 11.5 Å². The maximum absolute atomic E-state index is 12.2. The van der Waals surface area contributed by atoms with Crippen molar-refractivity contribution >= 4 is 14.6 Å². The normalized spacial score (nSPS) is 28.8. The average Bonchev–Trinajstić information content (AvgIpc) is 3.30. The van der Waals surface area contributed by atoms with Crippen LogP contribution in [0.2, 0.25) is 18.1 Å². The highest BCUT2D eigenvalue weighted by molar-refractivity contribution is 6.74. The molecule has 2 unspecified atom stereocenters. The lowest BCUT2D eigenvalue weighted by Gasteiger charge is -2.40. The minimum absolute atomic E-state index is 0.0439. The van der Waals surface area contributed by atoms with Crippen LogP contribution in [0.5, 0.6) is 11.5 Å². The Kier molecular flexibility index (Phi) is 12.6. The second-order valence-corrected chi connectivity index (χ2v) is 18.3. The van der Waals surface area contributed by atoms with Crippen molar-refractivity contribution in [2.24, 2.45) is 11.8 Å². The molecule has 242 valence electrons. The number of benzene rings is 1. The van der Waals surface area contributed by atoms with E-state index in [1.165, 1.54) is 0 Å². The van der Waals surface area contributed by atoms with Crippen LogP contribution < -0.4 is 9.47 Å². The van der Waals surface area contributed by atoms with Gasteiger partial charge in [0.25, 0.3) is 0 Å². The van der Waals surface area contributed by atoms with E-state index in [0.717, 1.165) is 62.1 Å². The lowest BCUT2D eigenvalue weighted by Crippen LogP contribution is -2.45. The van der Waals surface area contributed by atoms with E-state index < -0.39 is 8.32 Å². The Balaban J connectivity index is 1.61. The third-order valence-electron chi connectivity index (χ3n) is 9.40. The number of carbonyl (C=O) groups excluding carboxylic acids is 1. The predicted octanol–water partition coefficient (Wildman–Crippen LogP) is 7.42. The smallest absolute Gasteiger partial charge is 0.199 e. The van der Waals surface area contributed by atoms with E-state index in [4.69, 9.17) is 32.8 Å². The third kappa shape index (κ3) is 9.54. The van der Waals surface area contributed by atoms with Crippen LogP contribution in [0, 0.1) is 11.8 Å². The molecule has 0 radical (unpaired) electrons. The minimum atomic E-state index is -2.12. The molecule has 0 amide bonds. The molecule has 6 atom stereocenters. The lowest BCUT2D eigenvalue weighted by atomic mass is 9.88. The summed E-state index contributed by atoms with van der Waals surface area (Å²) in [6.45, 7) is 13.2. The van der Waals surface area contributed by atoms with Gasteiger partial charge in [0.05, 0.1) is 32.5 Å². The molecule has 2 aliphatic heterocycles. The van der Waals surface area contributed by atoms with E-state index in [-0.39, 0.29) is 41.7 Å². The molecule has 2 heterocycles. The number of hydrogen-bond acceptors (Lipinski definition) is 8. The predicted molar refractivity (Wildman–Crippen MR) is 169 cm³/mol. The molecule has 3 aliphatic rings. The maximum Gasteiger partial charge on any atom is 0.199 e. The summed E-state index contributed by atoms with van der Waals surface area (Å²) in [4.78, 5) is 12.2. The zero-order valence-corrected chi connectivity index (χ0v) is 28.2. The van der Waals surface area contributed by atoms with Crippen LogP contribution in [0.4, 0.5) is 0 Å². The van der Waals surface area contributed by atoms with Gasteiger partial charge in [0.1, 0.15) is 23.5 Å². The zero-order chi connectivity index (χ0) is 30.9. The molecule has 4 rings (SSSR count). The van der Waals surface area contributed by atoms with Gasteiger partial charge in [0.15, 0.2) is 20.9 Å². The fourth-order valence-corrected chi connectivity index (χ4v) is 7.37. The lowest BCUT2D eigenvalue weighted by molar-refractivity contribution is -0.201. The van der Waals surface area contributed by atoms with Gasteiger partial charge in [-0.25, -0.2) is 0 Å². The van der Waals surface area contributed by atoms with Gasteiger partial charge in [-0.3, -0.25) is 0 Å². The van der Waals surface area contributed by atoms with Crippen LogP contribution in [0.3, 0.4) is 0 Å². The highest BCUT2D eigenvalue weighted by atomic mass is 28.4. The fourth-order valence-electron chi connectivity index (χ4n) is 5.99. The number of ether oxygens (including phenoxy) is 6. The Hall–Kier alpha value is -1.91. The molecule has 1 saturated carbocycles. The first-order valence-corrected chi connectivity index (χ1v) is 19.2. The molecule has 2 saturated heterocycles. The molecule has 0 spiro atoms. The molecule has 0 aromatic heterocycles. The summed E-state index contributed by atoms with van der Waals surface area (Å²) in [5, 5.41) is 0.0439. The minimum Gasteiger partial charge on any atom is -0.497 e. The van der Waals surface area contributed by atoms with Crippen LogP contribution in [0.25, 0.3) is 0 Å². The molecular weight excluding hydrogens is 564 g/mol. The van der Waals surface area contributed by atoms with Gasteiger partial charge < -0.3 is 37.6 Å². The monoisotopic (exact) mass is 618 g/mol. The molecule has 0 bridgehead atoms. The standard InChI is InChI=1S/C34H54O8Si/c1-34(2,3)43(5,6)42-29-24-30(41-32-17-8-10-21-39-32)33(27(29)18-19-35)28(40-31-16-7-9-20-38-31)15-12-22-37-26-14-11-13-25(23-26)36-4/h11,13-15,19,23,27,29-33H,7-10,12,16-18,20-22,24H2,1-6H3/b28-15+/t27-,29-,30+,31?,32?,33+/m1/s1. The van der Waals surface area contributed by atoms with E-state index in [1.807, 2.05) is 24.3 Å². The maximum atomic E-state index is 12.2. The van der Waals surface area contributed by atoms with Crippen LogP contribution in [0.1, 0.15) is 78.6 Å². The largest absolute Gasteiger partial charge is 0.497 e. The van der Waals surface area contributed by atoms with Gasteiger partial charge in [0.2, 0.25) is 0 Å². The van der Waals surface area contributed by atoms with Crippen molar-refractivity contribution in [3.63, 3.8) is 0 Å². The molecule has 1 aromatic rings. The summed E-state index contributed by atoms with van der Waals surface area (Å²) in [6, 6.07) is 7.62. The van der Waals surface area contributed by atoms with E-state index in [1.54, 1.807) is 7.11 Å². The Morgan fingerprint density at radius 1 is 1.00 bits per heavy atom. The van der Waals surface area contributed by atoms with Gasteiger partial charge in [-0.15, -0.1) is 0 Å². The van der Waals surface area contributed by atoms with Crippen LogP contribution in [0.15, 0.2) is 36.1 Å². The highest BCUT2D eigenvalue weighted by Gasteiger charge is 2.51. The van der Waals surface area contributed by atoms with Gasteiger partial charge >= 0.3 is 0 Å². The summed E-state index contributed by atoms with van der Waals surface area (Å²) < 4.78 is 43.9. The van der Waals surface area contributed by atoms with Crippen LogP contribution >= 0.6 is 0 Å². The Labute approximate surface area is 259 Å². The summed E-state index contributed by atoms with van der Waals surface area (Å²) in [6.07, 6.45) is 9.91. The van der Waals surface area contributed by atoms with Crippen LogP contribution in [-0.4, -0.2) is 66.3 Å². The van der Waals surface area contributed by atoms with E-state index in [9.17, 15) is 4.79 Å². The van der Waals surface area contributed by atoms with Gasteiger partial charge in [-0.05, 0) is 74.9 Å².